The molecular weight excluding hydrogens is 410 g/mol. The maximum atomic E-state index is 14.3. The molecule has 4 unspecified atom stereocenters. The molecule has 2 aromatic rings. The SMILES string of the molecule is C=CCCc1c(F)cc(C#Cc2ccc(C3CCC4CC(/C=C/C)CCC4C3)cc2)cc1F. The molecule has 2 aromatic carbocycles. The van der Waals surface area contributed by atoms with E-state index in [2.05, 4.69) is 49.6 Å². The molecule has 2 fully saturated rings. The van der Waals surface area contributed by atoms with E-state index in [-0.39, 0.29) is 5.56 Å². The highest BCUT2D eigenvalue weighted by atomic mass is 19.1. The summed E-state index contributed by atoms with van der Waals surface area (Å²) in [4.78, 5) is 0. The van der Waals surface area contributed by atoms with Crippen LogP contribution in [0, 0.1) is 41.2 Å². The fourth-order valence-electron chi connectivity index (χ4n) is 5.82. The van der Waals surface area contributed by atoms with Gasteiger partial charge < -0.3 is 0 Å². The molecule has 2 aliphatic carbocycles. The molecule has 0 nitrogen and oxygen atoms in total. The van der Waals surface area contributed by atoms with Gasteiger partial charge in [0.2, 0.25) is 0 Å². The monoisotopic (exact) mass is 444 g/mol. The zero-order valence-corrected chi connectivity index (χ0v) is 19.6. The predicted octanol–water partition coefficient (Wildman–Crippen LogP) is 8.36. The molecule has 2 saturated carbocycles. The highest BCUT2D eigenvalue weighted by molar-refractivity contribution is 5.45. The number of rotatable bonds is 5. The van der Waals surface area contributed by atoms with Crippen molar-refractivity contribution in [3.8, 4) is 11.8 Å². The van der Waals surface area contributed by atoms with Gasteiger partial charge in [-0.2, -0.15) is 0 Å². The minimum absolute atomic E-state index is 0.106. The van der Waals surface area contributed by atoms with E-state index in [1.54, 1.807) is 6.08 Å². The quantitative estimate of drug-likeness (QED) is 0.321. The van der Waals surface area contributed by atoms with Crippen molar-refractivity contribution >= 4 is 0 Å². The van der Waals surface area contributed by atoms with E-state index in [0.29, 0.717) is 24.3 Å². The summed E-state index contributed by atoms with van der Waals surface area (Å²) in [6.07, 6.45) is 15.1. The Balaban J connectivity index is 1.39. The molecule has 33 heavy (non-hydrogen) atoms. The van der Waals surface area contributed by atoms with E-state index in [0.717, 1.165) is 23.3 Å². The van der Waals surface area contributed by atoms with Crippen molar-refractivity contribution in [1.29, 1.82) is 0 Å². The van der Waals surface area contributed by atoms with Crippen molar-refractivity contribution in [2.45, 2.75) is 64.2 Å². The molecule has 4 rings (SSSR count). The van der Waals surface area contributed by atoms with Gasteiger partial charge in [0.15, 0.2) is 0 Å². The number of halogens is 2. The first kappa shape index (κ1) is 23.5. The molecule has 0 spiro atoms. The second-order valence-corrected chi connectivity index (χ2v) is 9.75. The second kappa shape index (κ2) is 11.0. The molecular formula is C31H34F2. The molecule has 0 N–H and O–H groups in total. The average molecular weight is 445 g/mol. The Morgan fingerprint density at radius 1 is 0.909 bits per heavy atom. The molecule has 0 bridgehead atoms. The topological polar surface area (TPSA) is 0 Å². The van der Waals surface area contributed by atoms with E-state index >= 15 is 0 Å². The fourth-order valence-corrected chi connectivity index (χ4v) is 5.82. The third-order valence-electron chi connectivity index (χ3n) is 7.59. The Labute approximate surface area is 197 Å². The first-order valence-electron chi connectivity index (χ1n) is 12.4. The van der Waals surface area contributed by atoms with Gasteiger partial charge >= 0.3 is 0 Å². The third kappa shape index (κ3) is 5.83. The van der Waals surface area contributed by atoms with E-state index < -0.39 is 11.6 Å². The lowest BCUT2D eigenvalue weighted by Gasteiger charge is -2.41. The van der Waals surface area contributed by atoms with Gasteiger partial charge in [-0.15, -0.1) is 6.58 Å². The minimum Gasteiger partial charge on any atom is -0.207 e. The minimum atomic E-state index is -0.535. The summed E-state index contributed by atoms with van der Waals surface area (Å²) in [5.74, 6) is 8.10. The number of fused-ring (bicyclic) bond motifs is 1. The maximum Gasteiger partial charge on any atom is 0.130 e. The molecule has 172 valence electrons. The summed E-state index contributed by atoms with van der Waals surface area (Å²) in [7, 11) is 0. The van der Waals surface area contributed by atoms with Gasteiger partial charge in [-0.05, 0) is 112 Å². The summed E-state index contributed by atoms with van der Waals surface area (Å²) in [5.41, 5.74) is 2.74. The van der Waals surface area contributed by atoms with E-state index in [4.69, 9.17) is 0 Å². The lowest BCUT2D eigenvalue weighted by atomic mass is 9.64. The summed E-state index contributed by atoms with van der Waals surface area (Å²) >= 11 is 0. The van der Waals surface area contributed by atoms with Gasteiger partial charge in [-0.25, -0.2) is 8.78 Å². The van der Waals surface area contributed by atoms with Gasteiger partial charge in [-0.1, -0.05) is 42.2 Å². The van der Waals surface area contributed by atoms with E-state index in [1.807, 2.05) is 12.1 Å². The Morgan fingerprint density at radius 3 is 2.27 bits per heavy atom. The Hall–Kier alpha value is -2.66. The van der Waals surface area contributed by atoms with Crippen molar-refractivity contribution in [2.24, 2.45) is 17.8 Å². The lowest BCUT2D eigenvalue weighted by Crippen LogP contribution is -2.30. The van der Waals surface area contributed by atoms with Crippen LogP contribution >= 0.6 is 0 Å². The van der Waals surface area contributed by atoms with Crippen LogP contribution in [-0.2, 0) is 6.42 Å². The van der Waals surface area contributed by atoms with E-state index in [1.165, 1.54) is 56.2 Å². The standard InChI is InChI=1S/C31H34F2/c1-3-5-7-29-30(32)19-24(20-31(29)33)9-8-22-10-13-25(14-11-22)27-17-16-26-18-23(6-4-2)12-15-28(26)21-27/h3-4,6,10-11,13-14,19-20,23,26-28H,1,5,7,12,15-18,21H2,2H3/b6-4+. The van der Waals surface area contributed by atoms with Crippen molar-refractivity contribution in [2.75, 3.05) is 0 Å². The summed E-state index contributed by atoms with van der Waals surface area (Å²) < 4.78 is 28.5. The Morgan fingerprint density at radius 2 is 1.58 bits per heavy atom. The van der Waals surface area contributed by atoms with Crippen molar-refractivity contribution < 1.29 is 8.78 Å². The largest absolute Gasteiger partial charge is 0.207 e. The highest BCUT2D eigenvalue weighted by Gasteiger charge is 2.35. The average Bonchev–Trinajstić information content (AvgIpc) is 2.82. The van der Waals surface area contributed by atoms with Crippen LogP contribution in [0.25, 0.3) is 0 Å². The molecule has 0 amide bonds. The molecule has 0 aliphatic heterocycles. The van der Waals surface area contributed by atoms with Gasteiger partial charge in [-0.3, -0.25) is 0 Å². The number of benzene rings is 2. The lowest BCUT2D eigenvalue weighted by molar-refractivity contribution is 0.133. The third-order valence-corrected chi connectivity index (χ3v) is 7.59. The van der Waals surface area contributed by atoms with Crippen LogP contribution in [-0.4, -0.2) is 0 Å². The van der Waals surface area contributed by atoms with Gasteiger partial charge in [0.1, 0.15) is 11.6 Å². The molecule has 2 aliphatic rings. The highest BCUT2D eigenvalue weighted by Crippen LogP contribution is 2.47. The maximum absolute atomic E-state index is 14.3. The van der Waals surface area contributed by atoms with Crippen molar-refractivity contribution in [3.63, 3.8) is 0 Å². The van der Waals surface area contributed by atoms with Gasteiger partial charge in [0, 0.05) is 16.7 Å². The molecule has 0 radical (unpaired) electrons. The van der Waals surface area contributed by atoms with Gasteiger partial charge in [0.25, 0.3) is 0 Å². The van der Waals surface area contributed by atoms with Crippen LogP contribution in [0.3, 0.4) is 0 Å². The van der Waals surface area contributed by atoms with Crippen LogP contribution in [0.15, 0.2) is 61.2 Å². The van der Waals surface area contributed by atoms with Crippen LogP contribution in [0.4, 0.5) is 8.78 Å². The smallest absolute Gasteiger partial charge is 0.130 e. The summed E-state index contributed by atoms with van der Waals surface area (Å²) in [6, 6.07) is 11.1. The van der Waals surface area contributed by atoms with E-state index in [9.17, 15) is 8.78 Å². The van der Waals surface area contributed by atoms with Crippen LogP contribution in [0.2, 0.25) is 0 Å². The first-order chi connectivity index (χ1) is 16.1. The second-order valence-electron chi connectivity index (χ2n) is 9.75. The van der Waals surface area contributed by atoms with Crippen molar-refractivity contribution in [3.05, 3.63) is 95.1 Å². The summed E-state index contributed by atoms with van der Waals surface area (Å²) in [5, 5.41) is 0. The number of hydrogen-bond acceptors (Lipinski definition) is 0. The number of allylic oxidation sites excluding steroid dienone is 3. The zero-order valence-electron chi connectivity index (χ0n) is 19.6. The molecule has 0 heterocycles. The molecule has 4 atom stereocenters. The zero-order chi connectivity index (χ0) is 23.2. The van der Waals surface area contributed by atoms with Crippen LogP contribution in [0.1, 0.15) is 80.0 Å². The molecule has 0 saturated heterocycles. The summed E-state index contributed by atoms with van der Waals surface area (Å²) in [6.45, 7) is 5.74. The van der Waals surface area contributed by atoms with Crippen LogP contribution in [0.5, 0.6) is 0 Å². The molecule has 2 heteroatoms. The van der Waals surface area contributed by atoms with Gasteiger partial charge in [0.05, 0.1) is 0 Å². The molecule has 0 aromatic heterocycles. The first-order valence-corrected chi connectivity index (χ1v) is 12.4. The Bertz CT molecular complexity index is 1030. The van der Waals surface area contributed by atoms with Crippen LogP contribution < -0.4 is 0 Å². The number of hydrogen-bond donors (Lipinski definition) is 0. The fraction of sp³-hybridized carbons (Fsp3) is 0.419. The normalized spacial score (nSPS) is 24.7. The Kier molecular flexibility index (Phi) is 7.81. The predicted molar refractivity (Wildman–Crippen MR) is 133 cm³/mol. The van der Waals surface area contributed by atoms with Crippen molar-refractivity contribution in [1.82, 2.24) is 0 Å².